The quantitative estimate of drug-likeness (QED) is 0.701. The fourth-order valence-electron chi connectivity index (χ4n) is 1.13. The summed E-state index contributed by atoms with van der Waals surface area (Å²) in [6.45, 7) is 2.10. The van der Waals surface area contributed by atoms with Gasteiger partial charge in [0.05, 0.1) is 0 Å². The van der Waals surface area contributed by atoms with Crippen molar-refractivity contribution in [2.24, 2.45) is 0 Å². The molecule has 5 heteroatoms. The maximum atomic E-state index is 4.10. The number of aryl methyl sites for hydroxylation is 1. The average molecular weight is 381 g/mol. The Labute approximate surface area is 108 Å². The Morgan fingerprint density at radius 1 is 1.36 bits per heavy atom. The predicted molar refractivity (Wildman–Crippen MR) is 70.5 cm³/mol. The van der Waals surface area contributed by atoms with Crippen LogP contribution in [0.4, 0.5) is 0 Å². The van der Waals surface area contributed by atoms with Gasteiger partial charge in [0, 0.05) is 9.13 Å². The lowest BCUT2D eigenvalue weighted by atomic mass is 10.1. The van der Waals surface area contributed by atoms with Crippen molar-refractivity contribution >= 4 is 49.9 Å². The molecule has 0 radical (unpaired) electrons. The van der Waals surface area contributed by atoms with Crippen LogP contribution in [0.1, 0.15) is 5.56 Å². The van der Waals surface area contributed by atoms with Gasteiger partial charge in [-0.1, -0.05) is 29.5 Å². The molecule has 72 valence electrons. The van der Waals surface area contributed by atoms with E-state index in [9.17, 15) is 0 Å². The normalized spacial score (nSPS) is 10.5. The Kier molecular flexibility index (Phi) is 3.18. The van der Waals surface area contributed by atoms with Gasteiger partial charge in [0.2, 0.25) is 0 Å². The van der Waals surface area contributed by atoms with Crippen LogP contribution in [-0.2, 0) is 0 Å². The van der Waals surface area contributed by atoms with Gasteiger partial charge in [0.1, 0.15) is 5.01 Å². The molecular weight excluding hydrogens is 375 g/mol. The van der Waals surface area contributed by atoms with Crippen molar-refractivity contribution < 1.29 is 0 Å². The summed E-state index contributed by atoms with van der Waals surface area (Å²) in [4.78, 5) is 0. The molecule has 1 aromatic carbocycles. The average Bonchev–Trinajstić information content (AvgIpc) is 2.57. The highest BCUT2D eigenvalue weighted by molar-refractivity contribution is 14.1. The maximum Gasteiger partial charge on any atom is 0.183 e. The molecule has 1 heterocycles. The van der Waals surface area contributed by atoms with E-state index in [0.717, 1.165) is 14.5 Å². The number of aromatic nitrogens is 2. The fraction of sp³-hybridized carbons (Fsp3) is 0.111. The molecule has 0 aliphatic heterocycles. The van der Waals surface area contributed by atoms with E-state index in [1.54, 1.807) is 11.3 Å². The van der Waals surface area contributed by atoms with Gasteiger partial charge in [-0.05, 0) is 51.0 Å². The fourth-order valence-corrected chi connectivity index (χ4v) is 3.07. The molecule has 14 heavy (non-hydrogen) atoms. The summed E-state index contributed by atoms with van der Waals surface area (Å²) in [5, 5.41) is 9.01. The summed E-state index contributed by atoms with van der Waals surface area (Å²) >= 11 is 7.21. The van der Waals surface area contributed by atoms with Gasteiger partial charge in [-0.3, -0.25) is 0 Å². The minimum Gasteiger partial charge on any atom is -0.137 e. The third kappa shape index (κ3) is 1.99. The van der Waals surface area contributed by atoms with Crippen LogP contribution in [0.2, 0.25) is 0 Å². The molecule has 0 amide bonds. The molecule has 0 saturated heterocycles. The number of rotatable bonds is 1. The number of benzene rings is 1. The van der Waals surface area contributed by atoms with Crippen molar-refractivity contribution in [3.8, 4) is 10.6 Å². The molecule has 0 bridgehead atoms. The van der Waals surface area contributed by atoms with Crippen molar-refractivity contribution in [2.45, 2.75) is 6.92 Å². The molecule has 2 nitrogen and oxygen atoms in total. The molecule has 0 N–H and O–H groups in total. The standard InChI is InChI=1S/C9H6BrIN2S/c1-5-3-2-4-6(7(5)11)8-12-13-9(10)14-8/h2-4H,1H3. The summed E-state index contributed by atoms with van der Waals surface area (Å²) in [6, 6.07) is 6.21. The smallest absolute Gasteiger partial charge is 0.137 e. The first-order chi connectivity index (χ1) is 6.68. The molecule has 0 aliphatic rings. The Morgan fingerprint density at radius 2 is 2.14 bits per heavy atom. The summed E-state index contributed by atoms with van der Waals surface area (Å²) < 4.78 is 2.07. The molecule has 0 atom stereocenters. The van der Waals surface area contributed by atoms with Gasteiger partial charge in [-0.2, -0.15) is 0 Å². The number of hydrogen-bond acceptors (Lipinski definition) is 3. The molecule has 0 aliphatic carbocycles. The predicted octanol–water partition coefficient (Wildman–Crippen LogP) is 3.88. The first kappa shape index (κ1) is 10.5. The van der Waals surface area contributed by atoms with Gasteiger partial charge in [-0.15, -0.1) is 10.2 Å². The summed E-state index contributed by atoms with van der Waals surface area (Å²) in [6.07, 6.45) is 0. The largest absolute Gasteiger partial charge is 0.183 e. The van der Waals surface area contributed by atoms with Gasteiger partial charge in [0.25, 0.3) is 0 Å². The molecule has 0 unspecified atom stereocenters. The summed E-state index contributed by atoms with van der Waals surface area (Å²) in [5.74, 6) is 0. The lowest BCUT2D eigenvalue weighted by Crippen LogP contribution is -1.85. The SMILES string of the molecule is Cc1cccc(-c2nnc(Br)s2)c1I. The second kappa shape index (κ2) is 4.24. The lowest BCUT2D eigenvalue weighted by Gasteiger charge is -2.02. The van der Waals surface area contributed by atoms with Crippen molar-refractivity contribution in [3.63, 3.8) is 0 Å². The Hall–Kier alpha value is -0.0100. The van der Waals surface area contributed by atoms with Crippen LogP contribution in [0.25, 0.3) is 10.6 Å². The van der Waals surface area contributed by atoms with E-state index < -0.39 is 0 Å². The van der Waals surface area contributed by atoms with E-state index in [2.05, 4.69) is 67.8 Å². The minimum absolute atomic E-state index is 0.824. The lowest BCUT2D eigenvalue weighted by molar-refractivity contribution is 1.07. The van der Waals surface area contributed by atoms with Crippen molar-refractivity contribution in [3.05, 3.63) is 31.2 Å². The highest BCUT2D eigenvalue weighted by Crippen LogP contribution is 2.31. The third-order valence-corrected chi connectivity index (χ3v) is 4.64. The van der Waals surface area contributed by atoms with Crippen LogP contribution >= 0.6 is 49.9 Å². The van der Waals surface area contributed by atoms with Crippen LogP contribution in [-0.4, -0.2) is 10.2 Å². The van der Waals surface area contributed by atoms with E-state index in [1.807, 2.05) is 6.07 Å². The number of hydrogen-bond donors (Lipinski definition) is 0. The molecule has 2 aromatic rings. The van der Waals surface area contributed by atoms with Crippen molar-refractivity contribution in [1.29, 1.82) is 0 Å². The molecular formula is C9H6BrIN2S. The third-order valence-electron chi connectivity index (χ3n) is 1.82. The minimum atomic E-state index is 0.824. The Bertz CT molecular complexity index is 470. The van der Waals surface area contributed by atoms with Crippen LogP contribution in [0.5, 0.6) is 0 Å². The topological polar surface area (TPSA) is 25.8 Å². The van der Waals surface area contributed by atoms with Gasteiger partial charge < -0.3 is 0 Å². The van der Waals surface area contributed by atoms with Gasteiger partial charge in [0.15, 0.2) is 3.92 Å². The first-order valence-electron chi connectivity index (χ1n) is 3.93. The van der Waals surface area contributed by atoms with Gasteiger partial charge in [-0.25, -0.2) is 0 Å². The molecule has 0 spiro atoms. The van der Waals surface area contributed by atoms with E-state index in [1.165, 1.54) is 9.13 Å². The van der Waals surface area contributed by atoms with E-state index >= 15 is 0 Å². The number of nitrogens with zero attached hydrogens (tertiary/aromatic N) is 2. The molecule has 0 fully saturated rings. The second-order valence-corrected chi connectivity index (χ2v) is 6.13. The summed E-state index contributed by atoms with van der Waals surface area (Å²) in [5.41, 5.74) is 2.43. The van der Waals surface area contributed by atoms with Crippen LogP contribution in [0, 0.1) is 10.5 Å². The zero-order chi connectivity index (χ0) is 10.1. The van der Waals surface area contributed by atoms with Crippen molar-refractivity contribution in [2.75, 3.05) is 0 Å². The highest BCUT2D eigenvalue weighted by atomic mass is 127. The number of halogens is 2. The maximum absolute atomic E-state index is 4.10. The molecule has 1 aromatic heterocycles. The molecule has 0 saturated carbocycles. The first-order valence-corrected chi connectivity index (χ1v) is 6.62. The van der Waals surface area contributed by atoms with Crippen LogP contribution in [0.3, 0.4) is 0 Å². The summed E-state index contributed by atoms with van der Waals surface area (Å²) in [7, 11) is 0. The van der Waals surface area contributed by atoms with Gasteiger partial charge >= 0.3 is 0 Å². The Morgan fingerprint density at radius 3 is 2.79 bits per heavy atom. The second-order valence-electron chi connectivity index (χ2n) is 2.80. The van der Waals surface area contributed by atoms with Crippen LogP contribution in [0.15, 0.2) is 22.1 Å². The van der Waals surface area contributed by atoms with E-state index in [0.29, 0.717) is 0 Å². The van der Waals surface area contributed by atoms with Crippen molar-refractivity contribution in [1.82, 2.24) is 10.2 Å². The zero-order valence-electron chi connectivity index (χ0n) is 7.29. The molecule has 2 rings (SSSR count). The highest BCUT2D eigenvalue weighted by Gasteiger charge is 2.09. The van der Waals surface area contributed by atoms with E-state index in [-0.39, 0.29) is 0 Å². The Balaban J connectivity index is 2.57. The monoisotopic (exact) mass is 380 g/mol. The zero-order valence-corrected chi connectivity index (χ0v) is 11.9. The van der Waals surface area contributed by atoms with Crippen LogP contribution < -0.4 is 0 Å². The van der Waals surface area contributed by atoms with E-state index in [4.69, 9.17) is 0 Å².